The lowest BCUT2D eigenvalue weighted by atomic mass is 9.41. The van der Waals surface area contributed by atoms with Crippen molar-refractivity contribution >= 4 is 5.78 Å². The fraction of sp³-hybridized carbons (Fsp3) is 0.552. The number of fused-ring (bicyclic) bond motifs is 4. The summed E-state index contributed by atoms with van der Waals surface area (Å²) in [6.45, 7) is 8.61. The third kappa shape index (κ3) is 2.35. The normalized spacial score (nSPS) is 44.6. The Bertz CT molecular complexity index is 1050. The third-order valence-electron chi connectivity index (χ3n) is 10.3. The van der Waals surface area contributed by atoms with Crippen LogP contribution in [-0.2, 0) is 17.6 Å². The van der Waals surface area contributed by atoms with Crippen LogP contribution in [0.1, 0.15) is 68.6 Å². The van der Waals surface area contributed by atoms with E-state index in [4.69, 9.17) is 0 Å². The van der Waals surface area contributed by atoms with Gasteiger partial charge in [0.05, 0.1) is 5.60 Å². The number of hydrogen-bond acceptors (Lipinski definition) is 2. The quantitative estimate of drug-likeness (QED) is 0.630. The molecule has 31 heavy (non-hydrogen) atoms. The molecule has 0 saturated heterocycles. The van der Waals surface area contributed by atoms with Crippen LogP contribution >= 0.6 is 0 Å². The first kappa shape index (κ1) is 19.7. The van der Waals surface area contributed by atoms with Crippen molar-refractivity contribution in [3.63, 3.8) is 0 Å². The fourth-order valence-corrected chi connectivity index (χ4v) is 8.70. The first-order chi connectivity index (χ1) is 14.8. The van der Waals surface area contributed by atoms with E-state index < -0.39 is 5.60 Å². The highest BCUT2D eigenvalue weighted by Gasteiger charge is 2.67. The van der Waals surface area contributed by atoms with Gasteiger partial charge in [-0.05, 0) is 90.5 Å². The SMILES string of the molecule is C=C[C@]1(O)CC[C@H]2[C@@H]3C=CC4=CC(=O)CC[C@@]45Cc4cc(CC)ccc4[C@@H](C[C@@]21C)[C@@H]35. The zero-order valence-corrected chi connectivity index (χ0v) is 18.9. The average Bonchev–Trinajstić information content (AvgIpc) is 3.04. The number of benzene rings is 1. The van der Waals surface area contributed by atoms with Crippen molar-refractivity contribution in [3.05, 3.63) is 71.3 Å². The molecular formula is C29H34O2. The molecule has 1 spiro atoms. The summed E-state index contributed by atoms with van der Waals surface area (Å²) < 4.78 is 0. The van der Waals surface area contributed by atoms with E-state index in [0.29, 0.717) is 30.1 Å². The van der Waals surface area contributed by atoms with Crippen LogP contribution in [0.4, 0.5) is 0 Å². The molecule has 2 saturated carbocycles. The first-order valence-electron chi connectivity index (χ1n) is 12.3. The maximum Gasteiger partial charge on any atom is 0.156 e. The van der Waals surface area contributed by atoms with E-state index in [0.717, 1.165) is 38.5 Å². The molecule has 6 rings (SSSR count). The van der Waals surface area contributed by atoms with Gasteiger partial charge in [-0.15, -0.1) is 6.58 Å². The lowest BCUT2D eigenvalue weighted by molar-refractivity contribution is -0.119. The second-order valence-corrected chi connectivity index (χ2v) is 11.2. The van der Waals surface area contributed by atoms with Gasteiger partial charge in [0.25, 0.3) is 0 Å². The number of aryl methyl sites for hydroxylation is 1. The predicted molar refractivity (Wildman–Crippen MR) is 124 cm³/mol. The molecule has 0 heterocycles. The smallest absolute Gasteiger partial charge is 0.156 e. The van der Waals surface area contributed by atoms with Crippen LogP contribution in [0.25, 0.3) is 0 Å². The lowest BCUT2D eigenvalue weighted by Crippen LogP contribution is -2.58. The van der Waals surface area contributed by atoms with Crippen molar-refractivity contribution in [2.75, 3.05) is 0 Å². The Hall–Kier alpha value is -1.93. The number of carbonyl (C=O) groups is 1. The van der Waals surface area contributed by atoms with E-state index in [-0.39, 0.29) is 16.6 Å². The highest BCUT2D eigenvalue weighted by Crippen LogP contribution is 2.71. The topological polar surface area (TPSA) is 37.3 Å². The molecule has 0 bridgehead atoms. The van der Waals surface area contributed by atoms with Crippen LogP contribution in [0.15, 0.2) is 54.7 Å². The zero-order valence-electron chi connectivity index (χ0n) is 18.9. The highest BCUT2D eigenvalue weighted by atomic mass is 16.3. The molecule has 162 valence electrons. The molecule has 0 aliphatic heterocycles. The first-order valence-corrected chi connectivity index (χ1v) is 12.3. The van der Waals surface area contributed by atoms with E-state index in [1.54, 1.807) is 0 Å². The molecule has 0 amide bonds. The zero-order chi connectivity index (χ0) is 21.6. The molecule has 1 aromatic rings. The number of ketones is 1. The molecule has 0 radical (unpaired) electrons. The Kier molecular flexibility index (Phi) is 4.02. The molecule has 2 fully saturated rings. The Morgan fingerprint density at radius 2 is 2.13 bits per heavy atom. The molecule has 5 aliphatic rings. The summed E-state index contributed by atoms with van der Waals surface area (Å²) in [5.74, 6) is 2.17. The minimum atomic E-state index is -0.788. The van der Waals surface area contributed by atoms with Gasteiger partial charge in [-0.2, -0.15) is 0 Å². The van der Waals surface area contributed by atoms with E-state index in [9.17, 15) is 9.90 Å². The van der Waals surface area contributed by atoms with Crippen LogP contribution in [-0.4, -0.2) is 16.5 Å². The summed E-state index contributed by atoms with van der Waals surface area (Å²) in [6.07, 6.45) is 15.2. The highest BCUT2D eigenvalue weighted by molar-refractivity contribution is 5.92. The summed E-state index contributed by atoms with van der Waals surface area (Å²) in [7, 11) is 0. The predicted octanol–water partition coefficient (Wildman–Crippen LogP) is 5.70. The van der Waals surface area contributed by atoms with Crippen molar-refractivity contribution in [2.24, 2.45) is 28.6 Å². The molecular weight excluding hydrogens is 380 g/mol. The molecule has 2 nitrogen and oxygen atoms in total. The maximum absolute atomic E-state index is 12.4. The van der Waals surface area contributed by atoms with Crippen molar-refractivity contribution in [3.8, 4) is 0 Å². The summed E-state index contributed by atoms with van der Waals surface area (Å²) in [4.78, 5) is 12.4. The van der Waals surface area contributed by atoms with Crippen LogP contribution in [0, 0.1) is 28.6 Å². The van der Waals surface area contributed by atoms with Crippen molar-refractivity contribution in [1.82, 2.24) is 0 Å². The number of rotatable bonds is 2. The summed E-state index contributed by atoms with van der Waals surface area (Å²) in [6, 6.07) is 7.14. The van der Waals surface area contributed by atoms with Gasteiger partial charge in [-0.1, -0.05) is 50.3 Å². The molecule has 0 aromatic heterocycles. The Balaban J connectivity index is 1.59. The largest absolute Gasteiger partial charge is 0.385 e. The standard InChI is InChI=1S/C29H34O2/c1-4-18-6-8-22-19(14-18)16-28-12-10-21(30)15-20(28)7-9-23-25-11-13-29(31,5-2)27(25,3)17-24(22)26(23)28/h5-9,14-15,23-26,31H,2,4,10-13,16-17H2,1,3H3/t23-,24+,25-,26+,27-,28+,29-/m0/s1. The number of allylic oxidation sites excluding steroid dienone is 4. The molecule has 1 aromatic carbocycles. The van der Waals surface area contributed by atoms with Crippen molar-refractivity contribution in [1.29, 1.82) is 0 Å². The van der Waals surface area contributed by atoms with Crippen LogP contribution in [0.5, 0.6) is 0 Å². The van der Waals surface area contributed by atoms with Gasteiger partial charge < -0.3 is 5.11 Å². The number of aliphatic hydroxyl groups is 1. The van der Waals surface area contributed by atoms with Gasteiger partial charge in [-0.25, -0.2) is 0 Å². The van der Waals surface area contributed by atoms with Gasteiger partial charge in [0, 0.05) is 17.3 Å². The summed E-state index contributed by atoms with van der Waals surface area (Å²) in [5, 5.41) is 11.6. The van der Waals surface area contributed by atoms with E-state index in [1.165, 1.54) is 22.3 Å². The Labute approximate surface area is 186 Å². The maximum atomic E-state index is 12.4. The van der Waals surface area contributed by atoms with Gasteiger partial charge in [0.1, 0.15) is 0 Å². The van der Waals surface area contributed by atoms with E-state index in [2.05, 4.69) is 50.8 Å². The monoisotopic (exact) mass is 414 g/mol. The Morgan fingerprint density at radius 1 is 1.29 bits per heavy atom. The second kappa shape index (κ2) is 6.32. The summed E-state index contributed by atoms with van der Waals surface area (Å²) >= 11 is 0. The summed E-state index contributed by atoms with van der Waals surface area (Å²) in [5.41, 5.74) is 4.80. The van der Waals surface area contributed by atoms with Crippen molar-refractivity contribution < 1.29 is 9.90 Å². The van der Waals surface area contributed by atoms with Crippen LogP contribution in [0.2, 0.25) is 0 Å². The van der Waals surface area contributed by atoms with Crippen LogP contribution in [0.3, 0.4) is 0 Å². The third-order valence-corrected chi connectivity index (χ3v) is 10.3. The molecule has 0 unspecified atom stereocenters. The van der Waals surface area contributed by atoms with Gasteiger partial charge in [0.2, 0.25) is 0 Å². The van der Waals surface area contributed by atoms with Gasteiger partial charge in [-0.3, -0.25) is 4.79 Å². The lowest BCUT2D eigenvalue weighted by Gasteiger charge is -2.63. The van der Waals surface area contributed by atoms with Crippen LogP contribution < -0.4 is 0 Å². The van der Waals surface area contributed by atoms with Gasteiger partial charge in [0.15, 0.2) is 5.78 Å². The fourth-order valence-electron chi connectivity index (χ4n) is 8.70. The number of carbonyl (C=O) groups excluding carboxylic acids is 1. The minimum Gasteiger partial charge on any atom is -0.385 e. The second-order valence-electron chi connectivity index (χ2n) is 11.2. The van der Waals surface area contributed by atoms with E-state index in [1.807, 2.05) is 12.2 Å². The average molecular weight is 415 g/mol. The van der Waals surface area contributed by atoms with Crippen molar-refractivity contribution in [2.45, 2.75) is 70.3 Å². The van der Waals surface area contributed by atoms with Gasteiger partial charge >= 0.3 is 0 Å². The number of hydrogen-bond donors (Lipinski definition) is 1. The Morgan fingerprint density at radius 3 is 2.90 bits per heavy atom. The minimum absolute atomic E-state index is 0.0770. The molecule has 2 heteroatoms. The molecule has 5 aliphatic carbocycles. The molecule has 7 atom stereocenters. The molecule has 1 N–H and O–H groups in total. The van der Waals surface area contributed by atoms with E-state index >= 15 is 0 Å².